The molecule has 0 aliphatic heterocycles. The normalized spacial score (nSPS) is 14.0. The number of esters is 2. The van der Waals surface area contributed by atoms with Crippen molar-refractivity contribution in [2.24, 2.45) is 0 Å². The van der Waals surface area contributed by atoms with Crippen molar-refractivity contribution in [1.82, 2.24) is 19.8 Å². The maximum absolute atomic E-state index is 14.1. The standard InChI is InChI=1S/C32H22F19N5O6/c1-3-60-22(57)15-7-9-18(10-8-15)62-19-14(2)54-56-21(19)53-20(55-56)16-5-4-6-17(11-16)52-12-59-13-61-23(58)24(33,34)25(35,36)26(37,38)27(39,40)28(41,42)29(43,44)30(45,46)31(47,48)32(49,50)51/h4-11,52H,3,12-13H2,1-2H3,(H,53,55). The van der Waals surface area contributed by atoms with Gasteiger partial charge in [-0.15, -0.1) is 14.8 Å². The lowest BCUT2D eigenvalue weighted by atomic mass is 9.87. The molecule has 2 aromatic carbocycles. The number of carbonyl (C=O) groups is 2. The molecule has 344 valence electrons. The number of ether oxygens (including phenoxy) is 4. The molecule has 0 amide bonds. The highest BCUT2D eigenvalue weighted by Crippen LogP contribution is 2.65. The van der Waals surface area contributed by atoms with Crippen LogP contribution in [0.5, 0.6) is 11.5 Å². The van der Waals surface area contributed by atoms with Crippen LogP contribution in [0.15, 0.2) is 48.5 Å². The van der Waals surface area contributed by atoms with Crippen molar-refractivity contribution in [2.45, 2.75) is 67.4 Å². The first-order valence-corrected chi connectivity index (χ1v) is 16.2. The minimum absolute atomic E-state index is 0.0484. The third-order valence-corrected chi connectivity index (χ3v) is 8.17. The number of nitrogens with zero attached hydrogens (tertiary/aromatic N) is 3. The van der Waals surface area contributed by atoms with Gasteiger partial charge in [0.1, 0.15) is 18.2 Å². The van der Waals surface area contributed by atoms with E-state index < -0.39 is 79.0 Å². The van der Waals surface area contributed by atoms with Gasteiger partial charge in [0.05, 0.1) is 12.2 Å². The number of halogens is 19. The van der Waals surface area contributed by atoms with Gasteiger partial charge in [0.15, 0.2) is 24.0 Å². The summed E-state index contributed by atoms with van der Waals surface area (Å²) in [4.78, 5) is 26.4. The van der Waals surface area contributed by atoms with Crippen LogP contribution in [-0.2, 0) is 19.0 Å². The Morgan fingerprint density at radius 1 is 0.694 bits per heavy atom. The number of benzene rings is 2. The summed E-state index contributed by atoms with van der Waals surface area (Å²) in [6, 6.07) is 11.3. The van der Waals surface area contributed by atoms with Gasteiger partial charge in [-0.05, 0) is 50.2 Å². The molecular formula is C32H22F19N5O6. The fourth-order valence-corrected chi connectivity index (χ4v) is 4.78. The number of hydrogen-bond acceptors (Lipinski definition) is 9. The molecular weight excluding hydrogens is 911 g/mol. The summed E-state index contributed by atoms with van der Waals surface area (Å²) in [5.41, 5.74) is 1.15. The number of anilines is 1. The highest BCUT2D eigenvalue weighted by atomic mass is 19.4. The first-order valence-electron chi connectivity index (χ1n) is 16.2. The number of fused-ring (bicyclic) bond motifs is 1. The van der Waals surface area contributed by atoms with E-state index in [-0.39, 0.29) is 46.4 Å². The second-order valence-corrected chi connectivity index (χ2v) is 12.3. The average molecular weight is 934 g/mol. The van der Waals surface area contributed by atoms with E-state index in [1.54, 1.807) is 13.8 Å². The van der Waals surface area contributed by atoms with E-state index in [0.717, 1.165) is 4.63 Å². The van der Waals surface area contributed by atoms with Gasteiger partial charge in [0.2, 0.25) is 0 Å². The Hall–Kier alpha value is -5.71. The van der Waals surface area contributed by atoms with Gasteiger partial charge in [-0.3, -0.25) is 0 Å². The van der Waals surface area contributed by atoms with Gasteiger partial charge in [-0.2, -0.15) is 83.4 Å². The maximum Gasteiger partial charge on any atom is 0.460 e. The van der Waals surface area contributed by atoms with Crippen LogP contribution in [0, 0.1) is 6.92 Å². The summed E-state index contributed by atoms with van der Waals surface area (Å²) in [6.07, 6.45) is -8.00. The molecule has 0 saturated heterocycles. The van der Waals surface area contributed by atoms with E-state index in [2.05, 4.69) is 30.0 Å². The third kappa shape index (κ3) is 7.95. The number of H-pyrrole nitrogens is 1. The molecule has 0 aliphatic rings. The molecule has 11 nitrogen and oxygen atoms in total. The van der Waals surface area contributed by atoms with Crippen molar-refractivity contribution in [3.8, 4) is 22.9 Å². The molecule has 62 heavy (non-hydrogen) atoms. The summed E-state index contributed by atoms with van der Waals surface area (Å²) in [5, 5.41) is 10.8. The van der Waals surface area contributed by atoms with Crippen LogP contribution in [0.25, 0.3) is 17.0 Å². The number of aromatic amines is 1. The Morgan fingerprint density at radius 2 is 1.23 bits per heavy atom. The van der Waals surface area contributed by atoms with E-state index in [1.807, 2.05) is 0 Å². The molecule has 0 spiro atoms. The predicted molar refractivity (Wildman–Crippen MR) is 166 cm³/mol. The second kappa shape index (κ2) is 16.2. The van der Waals surface area contributed by atoms with Gasteiger partial charge < -0.3 is 29.2 Å². The van der Waals surface area contributed by atoms with Crippen LogP contribution < -0.4 is 10.1 Å². The van der Waals surface area contributed by atoms with Crippen molar-refractivity contribution < 1.29 is 112 Å². The lowest BCUT2D eigenvalue weighted by Gasteiger charge is -2.43. The molecule has 2 aromatic heterocycles. The first kappa shape index (κ1) is 49.0. The van der Waals surface area contributed by atoms with Gasteiger partial charge in [0, 0.05) is 11.3 Å². The molecule has 0 saturated carbocycles. The zero-order valence-corrected chi connectivity index (χ0v) is 30.2. The van der Waals surface area contributed by atoms with E-state index in [9.17, 15) is 93.0 Å². The van der Waals surface area contributed by atoms with Crippen molar-refractivity contribution in [2.75, 3.05) is 25.4 Å². The molecule has 0 aliphatic carbocycles. The largest absolute Gasteiger partial charge is 0.462 e. The van der Waals surface area contributed by atoms with Crippen molar-refractivity contribution >= 4 is 23.3 Å². The molecule has 2 N–H and O–H groups in total. The smallest absolute Gasteiger partial charge is 0.460 e. The molecule has 2 heterocycles. The van der Waals surface area contributed by atoms with E-state index in [1.165, 1.54) is 48.5 Å². The maximum atomic E-state index is 14.1. The number of aromatic nitrogens is 4. The highest BCUT2D eigenvalue weighted by molar-refractivity contribution is 5.89. The van der Waals surface area contributed by atoms with E-state index in [4.69, 9.17) is 9.47 Å². The fourth-order valence-electron chi connectivity index (χ4n) is 4.78. The summed E-state index contributed by atoms with van der Waals surface area (Å²) in [5.74, 6) is -73.3. The Balaban J connectivity index is 1.41. The predicted octanol–water partition coefficient (Wildman–Crippen LogP) is 9.53. The van der Waals surface area contributed by atoms with Crippen molar-refractivity contribution in [3.63, 3.8) is 0 Å². The Kier molecular flexibility index (Phi) is 12.8. The number of rotatable bonds is 18. The number of aryl methyl sites for hydroxylation is 1. The first-order chi connectivity index (χ1) is 28.2. The summed E-state index contributed by atoms with van der Waals surface area (Å²) < 4.78 is 277. The zero-order chi connectivity index (χ0) is 47.3. The van der Waals surface area contributed by atoms with Gasteiger partial charge >= 0.3 is 65.5 Å². The molecule has 0 radical (unpaired) electrons. The Morgan fingerprint density at radius 3 is 1.76 bits per heavy atom. The van der Waals surface area contributed by atoms with Crippen LogP contribution in [0.2, 0.25) is 0 Å². The van der Waals surface area contributed by atoms with Crippen LogP contribution in [0.3, 0.4) is 0 Å². The molecule has 4 rings (SSSR count). The molecule has 0 fully saturated rings. The SMILES string of the molecule is CCOC(=O)c1ccc(Oc2c(C)nn3nc(-c4cccc(NCOCOC(=O)C(F)(F)C(F)(F)C(F)(F)C(F)(F)C(F)(F)C(F)(F)C(F)(F)C(F)(F)C(F)(F)F)c4)[nH]c23)cc1. The number of alkyl halides is 19. The quantitative estimate of drug-likeness (QED) is 0.0434. The van der Waals surface area contributed by atoms with Crippen LogP contribution in [0.4, 0.5) is 89.1 Å². The van der Waals surface area contributed by atoms with Crippen LogP contribution >= 0.6 is 0 Å². The Bertz CT molecular complexity index is 2260. The lowest BCUT2D eigenvalue weighted by Crippen LogP contribution is -2.76. The van der Waals surface area contributed by atoms with Crippen molar-refractivity contribution in [1.29, 1.82) is 0 Å². The summed E-state index contributed by atoms with van der Waals surface area (Å²) >= 11 is 0. The second-order valence-electron chi connectivity index (χ2n) is 12.3. The number of nitrogens with one attached hydrogen (secondary N) is 2. The monoisotopic (exact) mass is 933 g/mol. The van der Waals surface area contributed by atoms with Crippen LogP contribution in [-0.4, -0.2) is 105 Å². The van der Waals surface area contributed by atoms with Gasteiger partial charge in [-0.25, -0.2) is 9.59 Å². The lowest BCUT2D eigenvalue weighted by molar-refractivity contribution is -0.467. The fraction of sp³-hybridized carbons (Fsp3) is 0.438. The minimum atomic E-state index is -9.13. The van der Waals surface area contributed by atoms with E-state index in [0.29, 0.717) is 5.69 Å². The highest BCUT2D eigenvalue weighted by Gasteiger charge is 2.97. The summed E-state index contributed by atoms with van der Waals surface area (Å²) in [6.45, 7) is 0.383. The van der Waals surface area contributed by atoms with Crippen molar-refractivity contribution in [3.05, 3.63) is 59.8 Å². The number of carbonyl (C=O) groups excluding carboxylic acids is 2. The molecule has 30 heteroatoms. The molecule has 0 bridgehead atoms. The van der Waals surface area contributed by atoms with Gasteiger partial charge in [0.25, 0.3) is 0 Å². The molecule has 4 aromatic rings. The van der Waals surface area contributed by atoms with Crippen LogP contribution in [0.1, 0.15) is 23.0 Å². The molecule has 0 atom stereocenters. The van der Waals surface area contributed by atoms with Gasteiger partial charge in [-0.1, -0.05) is 12.1 Å². The molecule has 0 unspecified atom stereocenters. The Labute approximate surface area is 331 Å². The zero-order valence-electron chi connectivity index (χ0n) is 30.2. The topological polar surface area (TPSA) is 129 Å². The summed E-state index contributed by atoms with van der Waals surface area (Å²) in [7, 11) is 0. The third-order valence-electron chi connectivity index (χ3n) is 8.17. The average Bonchev–Trinajstić information content (AvgIpc) is 3.71. The minimum Gasteiger partial charge on any atom is -0.462 e. The van der Waals surface area contributed by atoms with E-state index >= 15 is 0 Å². The number of hydrogen-bond donors (Lipinski definition) is 2.